The van der Waals surface area contributed by atoms with Crippen LogP contribution < -0.4 is 4.74 Å². The van der Waals surface area contributed by atoms with Crippen molar-refractivity contribution in [1.82, 2.24) is 10.1 Å². The summed E-state index contributed by atoms with van der Waals surface area (Å²) < 4.78 is 11.7. The Balaban J connectivity index is 1.44. The van der Waals surface area contributed by atoms with Crippen molar-refractivity contribution >= 4 is 17.1 Å². The molecule has 34 heavy (non-hydrogen) atoms. The fourth-order valence-corrected chi connectivity index (χ4v) is 5.11. The Kier molecular flexibility index (Phi) is 6.22. The second-order valence-corrected chi connectivity index (χ2v) is 9.48. The second-order valence-electron chi connectivity index (χ2n) is 8.57. The molecule has 6 nitrogen and oxygen atoms in total. The number of nitrogens with zero attached hydrogens (tertiary/aromatic N) is 2. The highest BCUT2D eigenvalue weighted by Crippen LogP contribution is 2.38. The van der Waals surface area contributed by atoms with Crippen LogP contribution in [0.15, 0.2) is 64.5 Å². The van der Waals surface area contributed by atoms with Crippen molar-refractivity contribution in [1.29, 1.82) is 0 Å². The van der Waals surface area contributed by atoms with Crippen LogP contribution in [-0.2, 0) is 0 Å². The zero-order chi connectivity index (χ0) is 23.7. The molecule has 7 heteroatoms. The van der Waals surface area contributed by atoms with Crippen molar-refractivity contribution in [2.45, 2.75) is 26.4 Å². The van der Waals surface area contributed by atoms with E-state index in [1.54, 1.807) is 36.4 Å². The predicted octanol–water partition coefficient (Wildman–Crippen LogP) is 5.79. The summed E-state index contributed by atoms with van der Waals surface area (Å²) in [4.78, 5) is 17.0. The van der Waals surface area contributed by atoms with Crippen LogP contribution in [0.25, 0.3) is 21.9 Å². The highest BCUT2D eigenvalue weighted by atomic mass is 32.1. The van der Waals surface area contributed by atoms with Crippen molar-refractivity contribution in [3.63, 3.8) is 0 Å². The molecule has 0 amide bonds. The Morgan fingerprint density at radius 2 is 1.88 bits per heavy atom. The number of phenolic OH excluding ortho intramolecular Hbond substituents is 1. The molecule has 2 aromatic carbocycles. The van der Waals surface area contributed by atoms with Crippen LogP contribution in [0.1, 0.15) is 34.8 Å². The number of likely N-dealkylation sites (tertiary alicyclic amines) is 1. The third kappa shape index (κ3) is 4.36. The molecular weight excluding hydrogens is 448 g/mol. The van der Waals surface area contributed by atoms with Crippen molar-refractivity contribution in [3.05, 3.63) is 76.7 Å². The van der Waals surface area contributed by atoms with E-state index in [0.717, 1.165) is 42.2 Å². The molecule has 1 fully saturated rings. The molecule has 0 bridgehead atoms. The Morgan fingerprint density at radius 1 is 1.15 bits per heavy atom. The number of phenols is 1. The number of aromatic nitrogens is 1. The third-order valence-electron chi connectivity index (χ3n) is 6.01. The standard InChI is InChI=1S/C27H26N2O4S/c1-3-13-29-15-22(16-29)32-21-10-6-18(7-11-21)25(31)23-24(27-17(2)12-14-34-27)28-33-26(23)19-4-8-20(30)9-5-19/h4-12,14,22,30H,3,13,15-16H2,1-2H3. The van der Waals surface area contributed by atoms with E-state index in [4.69, 9.17) is 9.26 Å². The van der Waals surface area contributed by atoms with Gasteiger partial charge in [0.2, 0.25) is 0 Å². The first-order chi connectivity index (χ1) is 16.5. The van der Waals surface area contributed by atoms with Gasteiger partial charge in [0.1, 0.15) is 23.3 Å². The van der Waals surface area contributed by atoms with E-state index >= 15 is 0 Å². The van der Waals surface area contributed by atoms with E-state index in [-0.39, 0.29) is 17.6 Å². The molecule has 0 unspecified atom stereocenters. The van der Waals surface area contributed by atoms with Crippen molar-refractivity contribution < 1.29 is 19.2 Å². The van der Waals surface area contributed by atoms with E-state index in [0.29, 0.717) is 28.1 Å². The first kappa shape index (κ1) is 22.4. The number of ketones is 1. The summed E-state index contributed by atoms with van der Waals surface area (Å²) in [5.41, 5.74) is 3.19. The lowest BCUT2D eigenvalue weighted by Crippen LogP contribution is -2.53. The zero-order valence-electron chi connectivity index (χ0n) is 19.2. The lowest BCUT2D eigenvalue weighted by Gasteiger charge is -2.38. The molecule has 0 atom stereocenters. The Labute approximate surface area is 202 Å². The van der Waals surface area contributed by atoms with Gasteiger partial charge in [-0.25, -0.2) is 0 Å². The molecule has 4 aromatic rings. The minimum absolute atomic E-state index is 0.144. The number of ether oxygens (including phenoxy) is 1. The van der Waals surface area contributed by atoms with Gasteiger partial charge in [0.15, 0.2) is 11.5 Å². The van der Waals surface area contributed by atoms with Crippen LogP contribution in [0.3, 0.4) is 0 Å². The van der Waals surface area contributed by atoms with Gasteiger partial charge in [0, 0.05) is 24.2 Å². The SMILES string of the molecule is CCCN1CC(Oc2ccc(C(=O)c3c(-c4sccc4C)noc3-c3ccc(O)cc3)cc2)C1. The molecule has 3 heterocycles. The van der Waals surface area contributed by atoms with Gasteiger partial charge in [0.05, 0.1) is 10.4 Å². The monoisotopic (exact) mass is 474 g/mol. The summed E-state index contributed by atoms with van der Waals surface area (Å²) in [7, 11) is 0. The fourth-order valence-electron chi connectivity index (χ4n) is 4.20. The van der Waals surface area contributed by atoms with Crippen molar-refractivity contribution in [2.75, 3.05) is 19.6 Å². The fraction of sp³-hybridized carbons (Fsp3) is 0.259. The largest absolute Gasteiger partial charge is 0.508 e. The van der Waals surface area contributed by atoms with Gasteiger partial charge in [-0.2, -0.15) is 0 Å². The van der Waals surface area contributed by atoms with Gasteiger partial charge in [-0.1, -0.05) is 12.1 Å². The minimum atomic E-state index is -0.170. The quantitative estimate of drug-likeness (QED) is 0.326. The van der Waals surface area contributed by atoms with Gasteiger partial charge in [0.25, 0.3) is 0 Å². The zero-order valence-corrected chi connectivity index (χ0v) is 20.0. The van der Waals surface area contributed by atoms with Crippen LogP contribution in [0, 0.1) is 6.92 Å². The number of hydrogen-bond acceptors (Lipinski definition) is 7. The maximum Gasteiger partial charge on any atom is 0.199 e. The molecular formula is C27H26N2O4S. The smallest absolute Gasteiger partial charge is 0.199 e. The number of carbonyl (C=O) groups is 1. The van der Waals surface area contributed by atoms with Crippen LogP contribution in [0.5, 0.6) is 11.5 Å². The van der Waals surface area contributed by atoms with E-state index in [1.165, 1.54) is 11.3 Å². The number of aromatic hydroxyl groups is 1. The number of benzene rings is 2. The van der Waals surface area contributed by atoms with E-state index in [9.17, 15) is 9.90 Å². The number of carbonyl (C=O) groups excluding carboxylic acids is 1. The summed E-state index contributed by atoms with van der Waals surface area (Å²) in [6.07, 6.45) is 1.34. The molecule has 0 spiro atoms. The van der Waals surface area contributed by atoms with E-state index in [2.05, 4.69) is 17.0 Å². The molecule has 2 aromatic heterocycles. The first-order valence-corrected chi connectivity index (χ1v) is 12.3. The number of thiophene rings is 1. The maximum atomic E-state index is 13.7. The average molecular weight is 475 g/mol. The van der Waals surface area contributed by atoms with E-state index < -0.39 is 0 Å². The highest BCUT2D eigenvalue weighted by Gasteiger charge is 2.29. The van der Waals surface area contributed by atoms with Crippen molar-refractivity contribution in [3.8, 4) is 33.4 Å². The van der Waals surface area contributed by atoms with Crippen LogP contribution in [0.2, 0.25) is 0 Å². The van der Waals surface area contributed by atoms with Gasteiger partial charge >= 0.3 is 0 Å². The lowest BCUT2D eigenvalue weighted by molar-refractivity contribution is 0.0202. The molecule has 1 N–H and O–H groups in total. The van der Waals surface area contributed by atoms with Gasteiger partial charge in [-0.3, -0.25) is 9.69 Å². The number of hydrogen-bond donors (Lipinski definition) is 1. The van der Waals surface area contributed by atoms with Gasteiger partial charge < -0.3 is 14.4 Å². The molecule has 1 aliphatic heterocycles. The second kappa shape index (κ2) is 9.44. The highest BCUT2D eigenvalue weighted by molar-refractivity contribution is 7.13. The Hall–Kier alpha value is -3.42. The summed E-state index contributed by atoms with van der Waals surface area (Å²) in [5, 5.41) is 15.9. The summed E-state index contributed by atoms with van der Waals surface area (Å²) in [6, 6.07) is 15.8. The topological polar surface area (TPSA) is 75.8 Å². The first-order valence-electron chi connectivity index (χ1n) is 11.4. The minimum Gasteiger partial charge on any atom is -0.508 e. The average Bonchev–Trinajstić information content (AvgIpc) is 3.44. The van der Waals surface area contributed by atoms with Crippen LogP contribution in [-0.4, -0.2) is 46.7 Å². The molecule has 174 valence electrons. The molecule has 0 aliphatic carbocycles. The van der Waals surface area contributed by atoms with Crippen LogP contribution >= 0.6 is 11.3 Å². The Morgan fingerprint density at radius 3 is 2.53 bits per heavy atom. The predicted molar refractivity (Wildman–Crippen MR) is 133 cm³/mol. The number of aryl methyl sites for hydroxylation is 1. The van der Waals surface area contributed by atoms with Crippen LogP contribution in [0.4, 0.5) is 0 Å². The molecule has 5 rings (SSSR count). The maximum absolute atomic E-state index is 13.7. The number of rotatable bonds is 8. The third-order valence-corrected chi connectivity index (χ3v) is 7.03. The van der Waals surface area contributed by atoms with Gasteiger partial charge in [-0.15, -0.1) is 11.3 Å². The molecule has 1 saturated heterocycles. The molecule has 1 aliphatic rings. The Bertz CT molecular complexity index is 1290. The summed E-state index contributed by atoms with van der Waals surface area (Å²) in [5.74, 6) is 1.12. The van der Waals surface area contributed by atoms with Crippen molar-refractivity contribution in [2.24, 2.45) is 0 Å². The summed E-state index contributed by atoms with van der Waals surface area (Å²) in [6.45, 7) is 7.14. The normalized spacial score (nSPS) is 14.2. The van der Waals surface area contributed by atoms with Gasteiger partial charge in [-0.05, 0) is 85.4 Å². The lowest BCUT2D eigenvalue weighted by atomic mass is 9.97. The molecule has 0 radical (unpaired) electrons. The summed E-state index contributed by atoms with van der Waals surface area (Å²) >= 11 is 1.52. The van der Waals surface area contributed by atoms with E-state index in [1.807, 2.05) is 30.5 Å². The molecule has 0 saturated carbocycles.